The Labute approximate surface area is 116 Å². The molecule has 0 radical (unpaired) electrons. The molecule has 1 unspecified atom stereocenters. The van der Waals surface area contributed by atoms with Crippen molar-refractivity contribution in [1.29, 1.82) is 0 Å². The van der Waals surface area contributed by atoms with E-state index in [4.69, 9.17) is 0 Å². The highest BCUT2D eigenvalue weighted by molar-refractivity contribution is 5.35. The van der Waals surface area contributed by atoms with Crippen LogP contribution in [0.25, 0.3) is 0 Å². The number of aryl methyl sites for hydroxylation is 3. The Morgan fingerprint density at radius 2 is 1.53 bits per heavy atom. The first kappa shape index (κ1) is 12.5. The summed E-state index contributed by atoms with van der Waals surface area (Å²) < 4.78 is 0. The van der Waals surface area contributed by atoms with Gasteiger partial charge in [-0.3, -0.25) is 0 Å². The Kier molecular flexibility index (Phi) is 3.42. The second-order valence-electron chi connectivity index (χ2n) is 6.07. The second kappa shape index (κ2) is 5.21. The van der Waals surface area contributed by atoms with E-state index in [1.54, 1.807) is 11.1 Å². The fourth-order valence-electron chi connectivity index (χ4n) is 3.17. The molecule has 0 spiro atoms. The molecule has 19 heavy (non-hydrogen) atoms. The van der Waals surface area contributed by atoms with Crippen LogP contribution in [0.1, 0.15) is 34.2 Å². The number of hydrogen-bond donors (Lipinski definition) is 0. The molecule has 0 N–H and O–H groups in total. The minimum atomic E-state index is 0.845. The van der Waals surface area contributed by atoms with Crippen LogP contribution in [0.4, 0.5) is 0 Å². The van der Waals surface area contributed by atoms with Crippen molar-refractivity contribution in [3.8, 4) is 0 Å². The normalized spacial score (nSPS) is 17.5. The van der Waals surface area contributed by atoms with Crippen molar-refractivity contribution in [3.63, 3.8) is 0 Å². The molecule has 0 nitrogen and oxygen atoms in total. The minimum absolute atomic E-state index is 0.845. The fraction of sp³-hybridized carbons (Fsp3) is 0.368. The van der Waals surface area contributed by atoms with E-state index in [1.807, 2.05) is 0 Å². The van der Waals surface area contributed by atoms with Crippen LogP contribution >= 0.6 is 0 Å². The molecule has 0 amide bonds. The zero-order valence-corrected chi connectivity index (χ0v) is 11.9. The van der Waals surface area contributed by atoms with Crippen LogP contribution in [0.2, 0.25) is 0 Å². The van der Waals surface area contributed by atoms with Gasteiger partial charge in [0.2, 0.25) is 0 Å². The maximum Gasteiger partial charge on any atom is -0.0244 e. The summed E-state index contributed by atoms with van der Waals surface area (Å²) in [5, 5.41) is 0. The van der Waals surface area contributed by atoms with Gasteiger partial charge in [-0.05, 0) is 62.1 Å². The lowest BCUT2D eigenvalue weighted by molar-refractivity contribution is 0.514. The van der Waals surface area contributed by atoms with Crippen molar-refractivity contribution in [2.24, 2.45) is 5.92 Å². The number of benzene rings is 2. The SMILES string of the molecule is Cc1ccc(CCC2Cc3ccc(C)cc3C2)cc1. The lowest BCUT2D eigenvalue weighted by atomic mass is 9.96. The van der Waals surface area contributed by atoms with E-state index >= 15 is 0 Å². The Morgan fingerprint density at radius 1 is 0.842 bits per heavy atom. The summed E-state index contributed by atoms with van der Waals surface area (Å²) in [5.74, 6) is 0.845. The van der Waals surface area contributed by atoms with Crippen molar-refractivity contribution in [3.05, 3.63) is 70.3 Å². The van der Waals surface area contributed by atoms with E-state index < -0.39 is 0 Å². The summed E-state index contributed by atoms with van der Waals surface area (Å²) in [6.45, 7) is 4.35. The highest BCUT2D eigenvalue weighted by Crippen LogP contribution is 2.30. The molecule has 0 heteroatoms. The van der Waals surface area contributed by atoms with Crippen LogP contribution in [-0.4, -0.2) is 0 Å². The molecule has 0 aliphatic heterocycles. The summed E-state index contributed by atoms with van der Waals surface area (Å²) >= 11 is 0. The van der Waals surface area contributed by atoms with Gasteiger partial charge in [0.25, 0.3) is 0 Å². The first-order chi connectivity index (χ1) is 9.20. The monoisotopic (exact) mass is 250 g/mol. The fourth-order valence-corrected chi connectivity index (χ4v) is 3.17. The zero-order valence-electron chi connectivity index (χ0n) is 11.9. The third-order valence-electron chi connectivity index (χ3n) is 4.34. The van der Waals surface area contributed by atoms with E-state index in [0.717, 1.165) is 5.92 Å². The molecule has 0 bridgehead atoms. The van der Waals surface area contributed by atoms with Gasteiger partial charge < -0.3 is 0 Å². The summed E-state index contributed by atoms with van der Waals surface area (Å²) in [4.78, 5) is 0. The van der Waals surface area contributed by atoms with Gasteiger partial charge in [0.05, 0.1) is 0 Å². The van der Waals surface area contributed by atoms with Gasteiger partial charge in [0.15, 0.2) is 0 Å². The molecule has 0 fully saturated rings. The summed E-state index contributed by atoms with van der Waals surface area (Å²) in [6, 6.07) is 16.0. The smallest absolute Gasteiger partial charge is 0.0244 e. The van der Waals surface area contributed by atoms with E-state index in [1.165, 1.54) is 42.4 Å². The van der Waals surface area contributed by atoms with Crippen LogP contribution in [0.3, 0.4) is 0 Å². The van der Waals surface area contributed by atoms with Gasteiger partial charge >= 0.3 is 0 Å². The van der Waals surface area contributed by atoms with Gasteiger partial charge in [-0.25, -0.2) is 0 Å². The van der Waals surface area contributed by atoms with E-state index in [0.29, 0.717) is 0 Å². The van der Waals surface area contributed by atoms with Gasteiger partial charge in [-0.2, -0.15) is 0 Å². The molecular weight excluding hydrogens is 228 g/mol. The summed E-state index contributed by atoms with van der Waals surface area (Å²) in [7, 11) is 0. The summed E-state index contributed by atoms with van der Waals surface area (Å²) in [5.41, 5.74) is 7.41. The average Bonchev–Trinajstić information content (AvgIpc) is 2.80. The first-order valence-electron chi connectivity index (χ1n) is 7.34. The first-order valence-corrected chi connectivity index (χ1v) is 7.34. The molecule has 0 saturated heterocycles. The van der Waals surface area contributed by atoms with Crippen molar-refractivity contribution < 1.29 is 0 Å². The van der Waals surface area contributed by atoms with Crippen LogP contribution in [-0.2, 0) is 19.3 Å². The Balaban J connectivity index is 1.60. The van der Waals surface area contributed by atoms with Crippen molar-refractivity contribution in [2.45, 2.75) is 39.5 Å². The standard InChI is InChI=1S/C19H22/c1-14-3-6-16(7-4-14)8-9-17-12-18-10-5-15(2)11-19(18)13-17/h3-7,10-11,17H,8-9,12-13H2,1-2H3. The van der Waals surface area contributed by atoms with Crippen LogP contribution in [0.5, 0.6) is 0 Å². The molecule has 3 rings (SSSR count). The topological polar surface area (TPSA) is 0 Å². The lowest BCUT2D eigenvalue weighted by Crippen LogP contribution is -2.01. The van der Waals surface area contributed by atoms with Crippen molar-refractivity contribution >= 4 is 0 Å². The van der Waals surface area contributed by atoms with Crippen LogP contribution in [0, 0.1) is 19.8 Å². The molecule has 0 aromatic heterocycles. The molecule has 0 heterocycles. The van der Waals surface area contributed by atoms with E-state index in [-0.39, 0.29) is 0 Å². The summed E-state index contributed by atoms with van der Waals surface area (Å²) in [6.07, 6.45) is 5.10. The zero-order chi connectivity index (χ0) is 13.2. The maximum absolute atomic E-state index is 2.38. The number of fused-ring (bicyclic) bond motifs is 1. The third-order valence-corrected chi connectivity index (χ3v) is 4.34. The molecule has 1 atom stereocenters. The van der Waals surface area contributed by atoms with Gasteiger partial charge in [-0.1, -0.05) is 53.6 Å². The second-order valence-corrected chi connectivity index (χ2v) is 6.07. The van der Waals surface area contributed by atoms with Crippen molar-refractivity contribution in [1.82, 2.24) is 0 Å². The molecule has 98 valence electrons. The molecule has 1 aliphatic carbocycles. The van der Waals surface area contributed by atoms with Gasteiger partial charge in [0, 0.05) is 0 Å². The van der Waals surface area contributed by atoms with Crippen LogP contribution in [0.15, 0.2) is 42.5 Å². The minimum Gasteiger partial charge on any atom is -0.0591 e. The lowest BCUT2D eigenvalue weighted by Gasteiger charge is -2.08. The molecule has 2 aromatic carbocycles. The van der Waals surface area contributed by atoms with Crippen LogP contribution < -0.4 is 0 Å². The Hall–Kier alpha value is -1.56. The van der Waals surface area contributed by atoms with E-state index in [9.17, 15) is 0 Å². The molecular formula is C19H22. The average molecular weight is 250 g/mol. The predicted molar refractivity (Wildman–Crippen MR) is 81.6 cm³/mol. The molecule has 0 saturated carbocycles. The van der Waals surface area contributed by atoms with Crippen molar-refractivity contribution in [2.75, 3.05) is 0 Å². The Morgan fingerprint density at radius 3 is 2.32 bits per heavy atom. The number of hydrogen-bond acceptors (Lipinski definition) is 0. The predicted octanol–water partition coefficient (Wildman–Crippen LogP) is 4.65. The quantitative estimate of drug-likeness (QED) is 0.743. The van der Waals surface area contributed by atoms with E-state index in [2.05, 4.69) is 56.3 Å². The molecule has 1 aliphatic rings. The highest BCUT2D eigenvalue weighted by Gasteiger charge is 2.20. The maximum atomic E-state index is 2.38. The largest absolute Gasteiger partial charge is 0.0591 e. The molecule has 2 aromatic rings. The van der Waals surface area contributed by atoms with Gasteiger partial charge in [-0.15, -0.1) is 0 Å². The van der Waals surface area contributed by atoms with Gasteiger partial charge in [0.1, 0.15) is 0 Å². The highest BCUT2D eigenvalue weighted by atomic mass is 14.3. The number of rotatable bonds is 3. The third kappa shape index (κ3) is 2.89. The Bertz CT molecular complexity index is 563.